The van der Waals surface area contributed by atoms with Gasteiger partial charge in [0.15, 0.2) is 0 Å². The van der Waals surface area contributed by atoms with Gasteiger partial charge in [-0.2, -0.15) is 0 Å². The van der Waals surface area contributed by atoms with Gasteiger partial charge in [0.05, 0.1) is 33.8 Å². The van der Waals surface area contributed by atoms with Crippen LogP contribution in [0.3, 0.4) is 0 Å². The van der Waals surface area contributed by atoms with E-state index in [-0.39, 0.29) is 31.5 Å². The highest BCUT2D eigenvalue weighted by molar-refractivity contribution is 7.47. The number of nitrogens with one attached hydrogen (secondary N) is 1. The summed E-state index contributed by atoms with van der Waals surface area (Å²) in [4.78, 5) is 37.7. The van der Waals surface area contributed by atoms with Crippen LogP contribution in [0.2, 0.25) is 0 Å². The molecule has 0 saturated carbocycles. The first-order valence-corrected chi connectivity index (χ1v) is 32.9. The zero-order valence-electron chi connectivity index (χ0n) is 50.2. The molecule has 0 heterocycles. The smallest absolute Gasteiger partial charge is 0.456 e. The number of carbonyl (C=O) groups is 2. The third kappa shape index (κ3) is 55.9. The molecule has 10 heteroatoms. The first-order chi connectivity index (χ1) is 36.9. The molecule has 0 aromatic heterocycles. The lowest BCUT2D eigenvalue weighted by Gasteiger charge is -2.27. The molecule has 3 unspecified atom stereocenters. The lowest BCUT2D eigenvalue weighted by molar-refractivity contribution is -0.870. The second kappa shape index (κ2) is 55.5. The Morgan fingerprint density at radius 1 is 0.461 bits per heavy atom. The van der Waals surface area contributed by atoms with Crippen molar-refractivity contribution in [3.63, 3.8) is 0 Å². The van der Waals surface area contributed by atoms with Gasteiger partial charge in [0, 0.05) is 12.8 Å². The van der Waals surface area contributed by atoms with Gasteiger partial charge in [0.1, 0.15) is 19.3 Å². The van der Waals surface area contributed by atoms with Crippen LogP contribution >= 0.6 is 7.82 Å². The Morgan fingerprint density at radius 3 is 1.22 bits per heavy atom. The quantitative estimate of drug-likeness (QED) is 0.0205. The first kappa shape index (κ1) is 73.2. The molecule has 0 aromatic rings. The third-order valence-corrected chi connectivity index (χ3v) is 14.5. The minimum atomic E-state index is -4.46. The highest BCUT2D eigenvalue weighted by Gasteiger charge is 2.30. The zero-order chi connectivity index (χ0) is 55.7. The van der Waals surface area contributed by atoms with E-state index in [0.717, 1.165) is 103 Å². The summed E-state index contributed by atoms with van der Waals surface area (Å²) < 4.78 is 30.7. The Kier molecular flexibility index (Phi) is 53.5. The van der Waals surface area contributed by atoms with Gasteiger partial charge in [0.2, 0.25) is 5.91 Å². The molecule has 0 aliphatic carbocycles. The van der Waals surface area contributed by atoms with Crippen LogP contribution in [-0.4, -0.2) is 74.3 Å². The SMILES string of the molecule is CCCCC/C=C\C/C=C\C/C=C\CCCCCCCCCCC(=O)NC(COP(=O)(O)OCC[N+](C)(C)C)C(/C=C\CCCCCCCCCCCC)OC(=O)CCCCCC/C=C\C/C=C\C/C=C\CCCCC. The second-order valence-corrected chi connectivity index (χ2v) is 23.7. The first-order valence-electron chi connectivity index (χ1n) is 31.4. The number of unbranched alkanes of at least 4 members (excludes halogenated alkanes) is 28. The number of ether oxygens (including phenoxy) is 1. The van der Waals surface area contributed by atoms with Crippen molar-refractivity contribution in [2.24, 2.45) is 0 Å². The van der Waals surface area contributed by atoms with Crippen molar-refractivity contribution in [2.45, 2.75) is 283 Å². The molecular formula is C66H120N2O7P+. The number of carbonyl (C=O) groups excluding carboxylic acids is 2. The molecule has 0 saturated heterocycles. The molecule has 2 N–H and O–H groups in total. The summed E-state index contributed by atoms with van der Waals surface area (Å²) in [5.74, 6) is -0.539. The van der Waals surface area contributed by atoms with Gasteiger partial charge >= 0.3 is 13.8 Å². The summed E-state index contributed by atoms with van der Waals surface area (Å²) in [5.41, 5.74) is 0. The van der Waals surface area contributed by atoms with E-state index in [1.165, 1.54) is 128 Å². The van der Waals surface area contributed by atoms with Crippen molar-refractivity contribution in [3.05, 3.63) is 85.1 Å². The summed E-state index contributed by atoms with van der Waals surface area (Å²) in [6.45, 7) is 6.94. The van der Waals surface area contributed by atoms with Gasteiger partial charge in [0.25, 0.3) is 0 Å². The van der Waals surface area contributed by atoms with E-state index >= 15 is 0 Å². The van der Waals surface area contributed by atoms with Gasteiger partial charge in [-0.25, -0.2) is 4.57 Å². The van der Waals surface area contributed by atoms with E-state index < -0.39 is 20.0 Å². The van der Waals surface area contributed by atoms with Crippen molar-refractivity contribution in [1.82, 2.24) is 5.32 Å². The number of likely N-dealkylation sites (N-methyl/N-ethyl adjacent to an activating group) is 1. The summed E-state index contributed by atoms with van der Waals surface area (Å²) in [6, 6.07) is -0.866. The minimum absolute atomic E-state index is 0.0315. The molecule has 3 atom stereocenters. The van der Waals surface area contributed by atoms with E-state index in [1.54, 1.807) is 0 Å². The molecule has 1 amide bonds. The van der Waals surface area contributed by atoms with Crippen LogP contribution in [0.25, 0.3) is 0 Å². The number of rotatable bonds is 56. The lowest BCUT2D eigenvalue weighted by Crippen LogP contribution is -2.47. The number of hydrogen-bond donors (Lipinski definition) is 2. The predicted molar refractivity (Wildman–Crippen MR) is 328 cm³/mol. The van der Waals surface area contributed by atoms with Crippen LogP contribution in [0.15, 0.2) is 85.1 Å². The fourth-order valence-corrected chi connectivity index (χ4v) is 9.39. The molecule has 0 spiro atoms. The molecule has 0 rings (SSSR count). The molecule has 0 aliphatic heterocycles. The topological polar surface area (TPSA) is 111 Å². The summed E-state index contributed by atoms with van der Waals surface area (Å²) in [6.07, 6.45) is 72.9. The number of esters is 1. The maximum atomic E-state index is 13.6. The predicted octanol–water partition coefficient (Wildman–Crippen LogP) is 19.4. The lowest BCUT2D eigenvalue weighted by atomic mass is 10.0. The number of nitrogens with zero attached hydrogens (tertiary/aromatic N) is 1. The number of phosphoric acid groups is 1. The Labute approximate surface area is 469 Å². The van der Waals surface area contributed by atoms with Gasteiger partial charge in [-0.15, -0.1) is 0 Å². The van der Waals surface area contributed by atoms with Gasteiger partial charge < -0.3 is 19.4 Å². The normalized spacial score (nSPS) is 14.2. The van der Waals surface area contributed by atoms with Crippen LogP contribution < -0.4 is 5.32 Å². The van der Waals surface area contributed by atoms with E-state index in [4.69, 9.17) is 13.8 Å². The molecule has 76 heavy (non-hydrogen) atoms. The summed E-state index contributed by atoms with van der Waals surface area (Å²) in [7, 11) is 1.47. The van der Waals surface area contributed by atoms with Crippen molar-refractivity contribution in [3.8, 4) is 0 Å². The third-order valence-electron chi connectivity index (χ3n) is 13.6. The fourth-order valence-electron chi connectivity index (χ4n) is 8.66. The van der Waals surface area contributed by atoms with Crippen LogP contribution in [0.4, 0.5) is 0 Å². The summed E-state index contributed by atoms with van der Waals surface area (Å²) in [5, 5.41) is 3.05. The van der Waals surface area contributed by atoms with E-state index in [9.17, 15) is 19.0 Å². The average molecular weight is 1080 g/mol. The van der Waals surface area contributed by atoms with Crippen molar-refractivity contribution in [1.29, 1.82) is 0 Å². The summed E-state index contributed by atoms with van der Waals surface area (Å²) >= 11 is 0. The van der Waals surface area contributed by atoms with Crippen LogP contribution in [-0.2, 0) is 27.9 Å². The molecule has 0 fully saturated rings. The highest BCUT2D eigenvalue weighted by Crippen LogP contribution is 2.43. The Morgan fingerprint density at radius 2 is 0.803 bits per heavy atom. The van der Waals surface area contributed by atoms with Crippen molar-refractivity contribution >= 4 is 19.7 Å². The van der Waals surface area contributed by atoms with E-state index in [1.807, 2.05) is 33.3 Å². The Bertz CT molecular complexity index is 1580. The second-order valence-electron chi connectivity index (χ2n) is 22.2. The molecule has 9 nitrogen and oxygen atoms in total. The van der Waals surface area contributed by atoms with Gasteiger partial charge in [-0.1, -0.05) is 235 Å². The fraction of sp³-hybridized carbons (Fsp3) is 0.758. The minimum Gasteiger partial charge on any atom is -0.456 e. The Balaban J connectivity index is 5.29. The molecule has 0 aromatic carbocycles. The van der Waals surface area contributed by atoms with Gasteiger partial charge in [-0.3, -0.25) is 18.6 Å². The largest absolute Gasteiger partial charge is 0.472 e. The zero-order valence-corrected chi connectivity index (χ0v) is 51.1. The molecule has 440 valence electrons. The van der Waals surface area contributed by atoms with Gasteiger partial charge in [-0.05, 0) is 109 Å². The van der Waals surface area contributed by atoms with Crippen molar-refractivity contribution < 1.29 is 37.3 Å². The van der Waals surface area contributed by atoms with Crippen LogP contribution in [0.5, 0.6) is 0 Å². The highest BCUT2D eigenvalue weighted by atomic mass is 31.2. The molecule has 0 radical (unpaired) electrons. The van der Waals surface area contributed by atoms with Crippen molar-refractivity contribution in [2.75, 3.05) is 40.9 Å². The maximum Gasteiger partial charge on any atom is 0.472 e. The number of hydrogen-bond acceptors (Lipinski definition) is 6. The molecule has 0 bridgehead atoms. The molecular weight excluding hydrogens is 964 g/mol. The number of quaternary nitrogens is 1. The number of phosphoric ester groups is 1. The maximum absolute atomic E-state index is 13.6. The van der Waals surface area contributed by atoms with E-state index in [0.29, 0.717) is 23.9 Å². The standard InChI is InChI=1S/C66H119N2O7P/c1-7-10-13-16-19-22-25-28-30-32-33-34-35-37-38-40-43-46-49-52-55-58-65(69)67-63(62-74-76(71,72)73-61-60-68(4,5)6)64(57-54-51-48-45-42-27-24-21-18-15-12-9-3)75-66(70)59-56-53-50-47-44-41-39-36-31-29-26-23-20-17-14-11-8-2/h19-20,22-23,28-31,33-34,39,41,54,57,63-64H,7-18,21,24-27,32,35-38,40,42-53,55-56,58-62H2,1-6H3,(H-,67,69,71,72)/p+1/b22-19-,23-20-,30-28-,31-29-,34-33-,41-39-,57-54-. The monoisotopic (exact) mass is 1080 g/mol. The van der Waals surface area contributed by atoms with E-state index in [2.05, 4.69) is 99.0 Å². The van der Waals surface area contributed by atoms with Crippen LogP contribution in [0.1, 0.15) is 271 Å². The average Bonchev–Trinajstić information content (AvgIpc) is 3.38. The number of allylic oxidation sites excluding steroid dienone is 13. The molecule has 0 aliphatic rings. The number of amides is 1. The Hall–Kier alpha value is -2.81. The van der Waals surface area contributed by atoms with Crippen LogP contribution in [0, 0.1) is 0 Å².